The van der Waals surface area contributed by atoms with Crippen LogP contribution >= 0.6 is 0 Å². The number of hydrogen-bond acceptors (Lipinski definition) is 5. The molecule has 0 aliphatic heterocycles. The number of carbonyl (C=O) groups excluding carboxylic acids is 1. The standard InChI is InChI=1S/C21H20F2N4O3S/c1-3-7-31(29,30)27-17-6-5-16(22)18(19(17)23)20(28)15-11-26-21-14(15)8-13(10-25-21)12(4-2)9-24/h4-6,8-11,24,27H,3,7H2,1-2H3,(H,25,26)/b12-4+,24-9?. The summed E-state index contributed by atoms with van der Waals surface area (Å²) in [6, 6.07) is 3.37. The molecule has 162 valence electrons. The van der Waals surface area contributed by atoms with Crippen LogP contribution in [0.2, 0.25) is 0 Å². The Labute approximate surface area is 177 Å². The van der Waals surface area contributed by atoms with Crippen molar-refractivity contribution in [1.29, 1.82) is 5.41 Å². The van der Waals surface area contributed by atoms with E-state index in [0.29, 0.717) is 28.6 Å². The number of hydrogen-bond donors (Lipinski definition) is 3. The zero-order valence-electron chi connectivity index (χ0n) is 16.8. The van der Waals surface area contributed by atoms with Crippen LogP contribution in [-0.2, 0) is 10.0 Å². The molecule has 0 spiro atoms. The van der Waals surface area contributed by atoms with Gasteiger partial charge in [0.15, 0.2) is 5.82 Å². The quantitative estimate of drug-likeness (QED) is 0.354. The minimum atomic E-state index is -3.84. The SMILES string of the molecule is C/C=C(\C=N)c1cnc2[nH]cc(C(=O)c3c(F)ccc(NS(=O)(=O)CCC)c3F)c2c1. The Kier molecular flexibility index (Phi) is 6.30. The molecule has 2 aromatic heterocycles. The van der Waals surface area contributed by atoms with Crippen molar-refractivity contribution in [2.24, 2.45) is 0 Å². The molecule has 1 aromatic carbocycles. The van der Waals surface area contributed by atoms with Gasteiger partial charge in [-0.15, -0.1) is 0 Å². The van der Waals surface area contributed by atoms with Crippen LogP contribution < -0.4 is 4.72 Å². The Balaban J connectivity index is 2.11. The molecule has 3 rings (SSSR count). The van der Waals surface area contributed by atoms with Gasteiger partial charge in [-0.1, -0.05) is 13.0 Å². The Bertz CT molecular complexity index is 1310. The van der Waals surface area contributed by atoms with Gasteiger partial charge in [0.2, 0.25) is 15.8 Å². The highest BCUT2D eigenvalue weighted by Crippen LogP contribution is 2.28. The minimum Gasteiger partial charge on any atom is -0.345 e. The van der Waals surface area contributed by atoms with E-state index in [1.165, 1.54) is 12.4 Å². The number of aromatic amines is 1. The van der Waals surface area contributed by atoms with E-state index in [-0.39, 0.29) is 11.3 Å². The fourth-order valence-corrected chi connectivity index (χ4v) is 4.28. The first-order valence-corrected chi connectivity index (χ1v) is 11.0. The lowest BCUT2D eigenvalue weighted by Gasteiger charge is -2.11. The lowest BCUT2D eigenvalue weighted by atomic mass is 10.00. The fraction of sp³-hybridized carbons (Fsp3) is 0.190. The Hall–Kier alpha value is -3.40. The lowest BCUT2D eigenvalue weighted by molar-refractivity contribution is 0.103. The first-order valence-electron chi connectivity index (χ1n) is 9.39. The van der Waals surface area contributed by atoms with Gasteiger partial charge in [0, 0.05) is 35.1 Å². The number of ketones is 1. The van der Waals surface area contributed by atoms with E-state index >= 15 is 4.39 Å². The third-order valence-electron chi connectivity index (χ3n) is 4.63. The van der Waals surface area contributed by atoms with Gasteiger partial charge in [-0.3, -0.25) is 9.52 Å². The normalized spacial score (nSPS) is 12.2. The van der Waals surface area contributed by atoms with E-state index in [4.69, 9.17) is 5.41 Å². The minimum absolute atomic E-state index is 0.0313. The van der Waals surface area contributed by atoms with Crippen LogP contribution in [0.5, 0.6) is 0 Å². The molecule has 3 aromatic rings. The zero-order chi connectivity index (χ0) is 22.8. The average Bonchev–Trinajstić information content (AvgIpc) is 3.14. The van der Waals surface area contributed by atoms with Crippen molar-refractivity contribution in [3.8, 4) is 0 Å². The van der Waals surface area contributed by atoms with Gasteiger partial charge in [-0.2, -0.15) is 0 Å². The summed E-state index contributed by atoms with van der Waals surface area (Å²) in [7, 11) is -3.84. The van der Waals surface area contributed by atoms with Crippen molar-refractivity contribution in [2.45, 2.75) is 20.3 Å². The number of nitrogens with zero attached hydrogens (tertiary/aromatic N) is 1. The van der Waals surface area contributed by atoms with Crippen molar-refractivity contribution in [3.63, 3.8) is 0 Å². The summed E-state index contributed by atoms with van der Waals surface area (Å²) < 4.78 is 55.5. The summed E-state index contributed by atoms with van der Waals surface area (Å²) in [6.07, 6.45) is 5.92. The van der Waals surface area contributed by atoms with Crippen LogP contribution in [0.25, 0.3) is 16.6 Å². The molecule has 0 atom stereocenters. The molecule has 3 N–H and O–H groups in total. The van der Waals surface area contributed by atoms with Gasteiger partial charge in [0.25, 0.3) is 0 Å². The van der Waals surface area contributed by atoms with Gasteiger partial charge in [0.05, 0.1) is 17.0 Å². The Morgan fingerprint density at radius 2 is 2.06 bits per heavy atom. The van der Waals surface area contributed by atoms with Crippen molar-refractivity contribution in [1.82, 2.24) is 9.97 Å². The number of allylic oxidation sites excluding steroid dienone is 2. The topological polar surface area (TPSA) is 116 Å². The largest absolute Gasteiger partial charge is 0.345 e. The van der Waals surface area contributed by atoms with Gasteiger partial charge >= 0.3 is 0 Å². The number of pyridine rings is 1. The molecule has 0 amide bonds. The van der Waals surface area contributed by atoms with E-state index in [0.717, 1.165) is 18.3 Å². The molecule has 0 saturated heterocycles. The Morgan fingerprint density at radius 1 is 1.32 bits per heavy atom. The van der Waals surface area contributed by atoms with Crippen LogP contribution in [0.1, 0.15) is 41.8 Å². The number of sulfonamides is 1. The third-order valence-corrected chi connectivity index (χ3v) is 6.11. The summed E-state index contributed by atoms with van der Waals surface area (Å²) in [5, 5.41) is 7.79. The summed E-state index contributed by atoms with van der Waals surface area (Å²) in [4.78, 5) is 20.0. The first kappa shape index (κ1) is 22.3. The van der Waals surface area contributed by atoms with E-state index in [1.54, 1.807) is 26.0 Å². The van der Waals surface area contributed by atoms with Gasteiger partial charge in [-0.05, 0) is 37.1 Å². The maximum absolute atomic E-state index is 15.0. The molecular weight excluding hydrogens is 426 g/mol. The van der Waals surface area contributed by atoms with Crippen molar-refractivity contribution in [3.05, 3.63) is 65.0 Å². The summed E-state index contributed by atoms with van der Waals surface area (Å²) in [6.45, 7) is 3.38. The number of halogens is 2. The van der Waals surface area contributed by atoms with Gasteiger partial charge in [-0.25, -0.2) is 22.2 Å². The van der Waals surface area contributed by atoms with Gasteiger partial charge in [0.1, 0.15) is 11.5 Å². The third kappa shape index (κ3) is 4.38. The highest BCUT2D eigenvalue weighted by Gasteiger charge is 2.26. The average molecular weight is 446 g/mol. The smallest absolute Gasteiger partial charge is 0.232 e. The molecule has 0 bridgehead atoms. The molecule has 0 aliphatic carbocycles. The molecule has 0 unspecified atom stereocenters. The molecule has 10 heteroatoms. The molecule has 31 heavy (non-hydrogen) atoms. The van der Waals surface area contributed by atoms with Crippen molar-refractivity contribution in [2.75, 3.05) is 10.5 Å². The second-order valence-electron chi connectivity index (χ2n) is 6.74. The molecular formula is C21H20F2N4O3S. The van der Waals surface area contributed by atoms with E-state index < -0.39 is 38.7 Å². The maximum Gasteiger partial charge on any atom is 0.232 e. The molecule has 7 nitrogen and oxygen atoms in total. The fourth-order valence-electron chi connectivity index (χ4n) is 3.14. The number of rotatable bonds is 8. The van der Waals surface area contributed by atoms with Crippen LogP contribution in [0, 0.1) is 17.0 Å². The van der Waals surface area contributed by atoms with E-state index in [9.17, 15) is 17.6 Å². The monoisotopic (exact) mass is 446 g/mol. The first-order chi connectivity index (χ1) is 14.7. The van der Waals surface area contributed by atoms with E-state index in [2.05, 4.69) is 14.7 Å². The zero-order valence-corrected chi connectivity index (χ0v) is 17.6. The summed E-state index contributed by atoms with van der Waals surface area (Å²) >= 11 is 0. The number of anilines is 1. The number of fused-ring (bicyclic) bond motifs is 1. The molecule has 0 saturated carbocycles. The van der Waals surface area contributed by atoms with Crippen LogP contribution in [0.3, 0.4) is 0 Å². The highest BCUT2D eigenvalue weighted by molar-refractivity contribution is 7.92. The summed E-state index contributed by atoms with van der Waals surface area (Å²) in [5.41, 5.74) is 0.0295. The van der Waals surface area contributed by atoms with Crippen LogP contribution in [0.4, 0.5) is 14.5 Å². The van der Waals surface area contributed by atoms with Crippen molar-refractivity contribution < 1.29 is 22.0 Å². The molecule has 0 fully saturated rings. The van der Waals surface area contributed by atoms with Crippen LogP contribution in [0.15, 0.2) is 36.7 Å². The number of aromatic nitrogens is 2. The van der Waals surface area contributed by atoms with Crippen molar-refractivity contribution >= 4 is 44.3 Å². The van der Waals surface area contributed by atoms with Crippen LogP contribution in [-0.4, -0.2) is 36.1 Å². The lowest BCUT2D eigenvalue weighted by Crippen LogP contribution is -2.18. The molecule has 0 aliphatic rings. The number of H-pyrrole nitrogens is 1. The molecule has 2 heterocycles. The summed E-state index contributed by atoms with van der Waals surface area (Å²) in [5.74, 6) is -3.62. The van der Waals surface area contributed by atoms with Gasteiger partial charge < -0.3 is 10.4 Å². The Morgan fingerprint density at radius 3 is 2.71 bits per heavy atom. The number of benzene rings is 1. The second-order valence-corrected chi connectivity index (χ2v) is 8.59. The maximum atomic E-state index is 15.0. The second kappa shape index (κ2) is 8.76. The number of nitrogens with one attached hydrogen (secondary N) is 3. The van der Waals surface area contributed by atoms with E-state index in [1.807, 2.05) is 0 Å². The predicted molar refractivity (Wildman–Crippen MR) is 116 cm³/mol. The number of carbonyl (C=O) groups is 1. The predicted octanol–water partition coefficient (Wildman–Crippen LogP) is 4.28. The molecule has 0 radical (unpaired) electrons. The highest BCUT2D eigenvalue weighted by atomic mass is 32.2.